The van der Waals surface area contributed by atoms with Crippen LogP contribution in [0, 0.1) is 0 Å². The zero-order valence-electron chi connectivity index (χ0n) is 17.5. The van der Waals surface area contributed by atoms with Crippen molar-refractivity contribution < 1.29 is 44.2 Å². The normalized spacial score (nSPS) is 31.2. The number of aromatic hydroxyl groups is 2. The number of benzene rings is 2. The molecule has 32 heavy (non-hydrogen) atoms. The van der Waals surface area contributed by atoms with Gasteiger partial charge in [0.25, 0.3) is 0 Å². The van der Waals surface area contributed by atoms with E-state index in [4.69, 9.17) is 14.2 Å². The zero-order chi connectivity index (χ0) is 23.2. The lowest BCUT2D eigenvalue weighted by Crippen LogP contribution is -2.48. The largest absolute Gasteiger partial charge is 0.507 e. The maximum absolute atomic E-state index is 13.1. The molecular formula is C23H22O9. The van der Waals surface area contributed by atoms with Gasteiger partial charge in [-0.1, -0.05) is 24.3 Å². The minimum atomic E-state index is -1.73. The van der Waals surface area contributed by atoms with E-state index in [2.05, 4.69) is 0 Å². The Morgan fingerprint density at radius 2 is 1.56 bits per heavy atom. The lowest BCUT2D eigenvalue weighted by Gasteiger charge is -2.33. The summed E-state index contributed by atoms with van der Waals surface area (Å²) >= 11 is 0. The molecule has 0 spiro atoms. The highest BCUT2D eigenvalue weighted by molar-refractivity contribution is 6.30. The van der Waals surface area contributed by atoms with E-state index >= 15 is 0 Å². The SMILES string of the molecule is CC1(C)O[C@@H]2O[C@H]([C@H](O)c3cc(O)c4c(c3O)C(=O)c3ccccc3C4=O)[C@](C)(O)[C@@H]2O1. The smallest absolute Gasteiger partial charge is 0.198 e. The molecule has 0 amide bonds. The molecule has 2 saturated heterocycles. The Bertz CT molecular complexity index is 1170. The molecule has 2 aromatic rings. The first-order valence-electron chi connectivity index (χ1n) is 10.1. The Hall–Kier alpha value is -2.82. The van der Waals surface area contributed by atoms with Crippen LogP contribution in [0.3, 0.4) is 0 Å². The Labute approximate surface area is 182 Å². The lowest BCUT2D eigenvalue weighted by atomic mass is 9.80. The topological polar surface area (TPSA) is 143 Å². The van der Waals surface area contributed by atoms with Crippen LogP contribution in [0.1, 0.15) is 64.3 Å². The summed E-state index contributed by atoms with van der Waals surface area (Å²) in [6, 6.07) is 7.07. The molecule has 2 aliphatic heterocycles. The van der Waals surface area contributed by atoms with E-state index in [1.54, 1.807) is 26.0 Å². The first-order valence-corrected chi connectivity index (χ1v) is 10.1. The van der Waals surface area contributed by atoms with Crippen molar-refractivity contribution in [3.05, 3.63) is 58.1 Å². The van der Waals surface area contributed by atoms with E-state index < -0.39 is 64.6 Å². The van der Waals surface area contributed by atoms with Gasteiger partial charge in [0.2, 0.25) is 0 Å². The molecule has 9 heteroatoms. The van der Waals surface area contributed by atoms with Crippen LogP contribution in [-0.2, 0) is 14.2 Å². The molecule has 4 N–H and O–H groups in total. The molecule has 168 valence electrons. The Kier molecular flexibility index (Phi) is 4.34. The Morgan fingerprint density at radius 1 is 0.969 bits per heavy atom. The average Bonchev–Trinajstić information content (AvgIpc) is 3.17. The predicted molar refractivity (Wildman–Crippen MR) is 107 cm³/mol. The van der Waals surface area contributed by atoms with Crippen LogP contribution >= 0.6 is 0 Å². The fourth-order valence-electron chi connectivity index (χ4n) is 4.73. The molecule has 0 bridgehead atoms. The number of fused-ring (bicyclic) bond motifs is 3. The van der Waals surface area contributed by atoms with E-state index in [0.29, 0.717) is 0 Å². The fourth-order valence-corrected chi connectivity index (χ4v) is 4.73. The highest BCUT2D eigenvalue weighted by Gasteiger charge is 2.63. The molecule has 0 saturated carbocycles. The van der Waals surface area contributed by atoms with Gasteiger partial charge in [-0.15, -0.1) is 0 Å². The number of carbonyl (C=O) groups excluding carboxylic acids is 2. The second kappa shape index (κ2) is 6.60. The summed E-state index contributed by atoms with van der Waals surface area (Å²) in [5, 5.41) is 43.6. The van der Waals surface area contributed by atoms with Crippen molar-refractivity contribution in [2.45, 2.75) is 56.8 Å². The molecule has 0 radical (unpaired) electrons. The standard InChI is InChI=1S/C23H22O9/c1-22(2)31-20-21(32-22)30-19(23(20,3)29)18(28)11-8-12(24)13-14(17(11)27)16(26)10-7-5-4-6-9(10)15(13)25/h4-8,18-21,24,27-29H,1-3H3/t18-,19-,20-,21+,23+/m1/s1. The van der Waals surface area contributed by atoms with Gasteiger partial charge in [0, 0.05) is 16.7 Å². The maximum atomic E-state index is 13.1. The number of ketones is 2. The molecule has 5 rings (SSSR count). The van der Waals surface area contributed by atoms with Crippen LogP contribution in [0.25, 0.3) is 0 Å². The molecule has 2 aromatic carbocycles. The minimum absolute atomic E-state index is 0.0778. The van der Waals surface area contributed by atoms with E-state index in [9.17, 15) is 30.0 Å². The van der Waals surface area contributed by atoms with Gasteiger partial charge in [-0.2, -0.15) is 0 Å². The molecule has 5 atom stereocenters. The molecule has 3 aliphatic rings. The van der Waals surface area contributed by atoms with Crippen molar-refractivity contribution in [3.8, 4) is 11.5 Å². The third-order valence-corrected chi connectivity index (χ3v) is 6.28. The third kappa shape index (κ3) is 2.76. The summed E-state index contributed by atoms with van der Waals surface area (Å²) in [5.41, 5.74) is -2.57. The van der Waals surface area contributed by atoms with Crippen LogP contribution in [0.15, 0.2) is 30.3 Å². The summed E-state index contributed by atoms with van der Waals surface area (Å²) < 4.78 is 17.0. The van der Waals surface area contributed by atoms with Crippen LogP contribution in [-0.4, -0.2) is 61.9 Å². The summed E-state index contributed by atoms with van der Waals surface area (Å²) in [6.45, 7) is 4.71. The van der Waals surface area contributed by atoms with Gasteiger partial charge in [0.1, 0.15) is 35.4 Å². The number of hydrogen-bond acceptors (Lipinski definition) is 9. The van der Waals surface area contributed by atoms with Gasteiger partial charge >= 0.3 is 0 Å². The van der Waals surface area contributed by atoms with Crippen LogP contribution in [0.2, 0.25) is 0 Å². The Balaban J connectivity index is 1.57. The average molecular weight is 442 g/mol. The van der Waals surface area contributed by atoms with E-state index in [-0.39, 0.29) is 22.3 Å². The molecule has 1 aliphatic carbocycles. The third-order valence-electron chi connectivity index (χ3n) is 6.28. The summed E-state index contributed by atoms with van der Waals surface area (Å²) in [6.07, 6.45) is -4.88. The van der Waals surface area contributed by atoms with Crippen molar-refractivity contribution in [3.63, 3.8) is 0 Å². The number of carbonyl (C=O) groups is 2. The van der Waals surface area contributed by atoms with Crippen molar-refractivity contribution in [1.29, 1.82) is 0 Å². The lowest BCUT2D eigenvalue weighted by molar-refractivity contribution is -0.240. The summed E-state index contributed by atoms with van der Waals surface area (Å²) in [4.78, 5) is 25.9. The fraction of sp³-hybridized carbons (Fsp3) is 0.391. The van der Waals surface area contributed by atoms with Crippen molar-refractivity contribution in [2.24, 2.45) is 0 Å². The molecule has 0 unspecified atom stereocenters. The van der Waals surface area contributed by atoms with Crippen molar-refractivity contribution >= 4 is 11.6 Å². The number of phenols is 2. The minimum Gasteiger partial charge on any atom is -0.507 e. The summed E-state index contributed by atoms with van der Waals surface area (Å²) in [7, 11) is 0. The molecule has 2 heterocycles. The van der Waals surface area contributed by atoms with Gasteiger partial charge in [0.15, 0.2) is 23.6 Å². The van der Waals surface area contributed by atoms with Gasteiger partial charge in [-0.05, 0) is 26.8 Å². The number of rotatable bonds is 2. The summed E-state index contributed by atoms with van der Waals surface area (Å²) in [5.74, 6) is -3.53. The van der Waals surface area contributed by atoms with Crippen LogP contribution in [0.4, 0.5) is 0 Å². The van der Waals surface area contributed by atoms with Crippen LogP contribution < -0.4 is 0 Å². The number of aliphatic hydroxyl groups excluding tert-OH is 1. The Morgan fingerprint density at radius 3 is 2.16 bits per heavy atom. The highest BCUT2D eigenvalue weighted by Crippen LogP contribution is 2.49. The number of aliphatic hydroxyl groups is 2. The van der Waals surface area contributed by atoms with Crippen LogP contribution in [0.5, 0.6) is 11.5 Å². The van der Waals surface area contributed by atoms with E-state index in [1.807, 2.05) is 0 Å². The quantitative estimate of drug-likeness (QED) is 0.435. The molecular weight excluding hydrogens is 420 g/mol. The zero-order valence-corrected chi connectivity index (χ0v) is 17.5. The molecule has 9 nitrogen and oxygen atoms in total. The highest BCUT2D eigenvalue weighted by atomic mass is 16.8. The van der Waals surface area contributed by atoms with E-state index in [0.717, 1.165) is 6.07 Å². The second-order valence-corrected chi connectivity index (χ2v) is 8.94. The molecule has 2 fully saturated rings. The number of ether oxygens (including phenoxy) is 3. The first-order chi connectivity index (χ1) is 14.9. The van der Waals surface area contributed by atoms with E-state index in [1.165, 1.54) is 19.1 Å². The molecule has 0 aromatic heterocycles. The van der Waals surface area contributed by atoms with Crippen molar-refractivity contribution in [1.82, 2.24) is 0 Å². The predicted octanol–water partition coefficient (Wildman–Crippen LogP) is 1.53. The van der Waals surface area contributed by atoms with Gasteiger partial charge in [-0.25, -0.2) is 0 Å². The first kappa shape index (κ1) is 21.0. The number of phenolic OH excluding ortho intramolecular Hbond substituents is 2. The monoisotopic (exact) mass is 442 g/mol. The maximum Gasteiger partial charge on any atom is 0.198 e. The van der Waals surface area contributed by atoms with Gasteiger partial charge in [0.05, 0.1) is 11.1 Å². The number of hydrogen-bond donors (Lipinski definition) is 4. The van der Waals surface area contributed by atoms with Crippen molar-refractivity contribution in [2.75, 3.05) is 0 Å². The second-order valence-electron chi connectivity index (χ2n) is 8.94. The van der Waals surface area contributed by atoms with Gasteiger partial charge in [-0.3, -0.25) is 9.59 Å². The van der Waals surface area contributed by atoms with Gasteiger partial charge < -0.3 is 34.6 Å².